The molecule has 3 aromatic rings. The fourth-order valence-corrected chi connectivity index (χ4v) is 3.83. The quantitative estimate of drug-likeness (QED) is 0.356. The third kappa shape index (κ3) is 5.29. The van der Waals surface area contributed by atoms with Crippen LogP contribution in [0.4, 0.5) is 20.2 Å². The van der Waals surface area contributed by atoms with Gasteiger partial charge in [-0.25, -0.2) is 8.78 Å². The lowest BCUT2D eigenvalue weighted by atomic mass is 9.95. The molecule has 1 aromatic heterocycles. The topological polar surface area (TPSA) is 74.2 Å². The van der Waals surface area contributed by atoms with Gasteiger partial charge in [0.2, 0.25) is 5.91 Å². The summed E-state index contributed by atoms with van der Waals surface area (Å²) in [5, 5.41) is 15.1. The van der Waals surface area contributed by atoms with Gasteiger partial charge in [-0.05, 0) is 41.3 Å². The number of amides is 1. The predicted molar refractivity (Wildman–Crippen MR) is 123 cm³/mol. The van der Waals surface area contributed by atoms with E-state index in [1.54, 1.807) is 26.0 Å². The molecule has 5 nitrogen and oxygen atoms in total. The van der Waals surface area contributed by atoms with E-state index in [4.69, 9.17) is 23.2 Å². The molecule has 2 aromatic carbocycles. The van der Waals surface area contributed by atoms with Crippen LogP contribution in [0.15, 0.2) is 42.7 Å². The molecule has 0 saturated heterocycles. The number of nitrogens with zero attached hydrogens (tertiary/aromatic N) is 1. The van der Waals surface area contributed by atoms with E-state index in [9.17, 15) is 18.7 Å². The molecule has 0 radical (unpaired) electrons. The smallest absolute Gasteiger partial charge is 0.243 e. The molecular weight excluding hydrogens is 459 g/mol. The van der Waals surface area contributed by atoms with Gasteiger partial charge in [-0.1, -0.05) is 43.1 Å². The summed E-state index contributed by atoms with van der Waals surface area (Å²) >= 11 is 12.5. The maximum Gasteiger partial charge on any atom is 0.243 e. The number of anilines is 2. The molecule has 0 unspecified atom stereocenters. The van der Waals surface area contributed by atoms with Crippen molar-refractivity contribution >= 4 is 40.5 Å². The molecule has 0 saturated carbocycles. The first-order valence-electron chi connectivity index (χ1n) is 9.79. The molecule has 168 valence electrons. The van der Waals surface area contributed by atoms with Crippen molar-refractivity contribution in [3.63, 3.8) is 0 Å². The molecule has 0 atom stereocenters. The van der Waals surface area contributed by atoms with Gasteiger partial charge in [-0.15, -0.1) is 0 Å². The Morgan fingerprint density at radius 3 is 2.47 bits per heavy atom. The Balaban J connectivity index is 1.79. The van der Waals surface area contributed by atoms with Crippen LogP contribution in [0, 0.1) is 11.6 Å². The number of nitrogens with one attached hydrogen (secondary N) is 2. The normalized spacial score (nSPS) is 11.0. The number of carbonyl (C=O) groups is 1. The van der Waals surface area contributed by atoms with Crippen molar-refractivity contribution in [2.75, 3.05) is 17.2 Å². The summed E-state index contributed by atoms with van der Waals surface area (Å²) < 4.78 is 29.8. The van der Waals surface area contributed by atoms with Gasteiger partial charge in [-0.2, -0.15) is 0 Å². The maximum absolute atomic E-state index is 14.9. The number of halogens is 4. The van der Waals surface area contributed by atoms with Crippen molar-refractivity contribution in [2.45, 2.75) is 26.2 Å². The van der Waals surface area contributed by atoms with E-state index in [0.717, 1.165) is 0 Å². The van der Waals surface area contributed by atoms with Crippen LogP contribution in [0.25, 0.3) is 0 Å². The lowest BCUT2D eigenvalue weighted by Gasteiger charge is -2.16. The number of rotatable bonds is 7. The fraction of sp³-hybridized carbons (Fsp3) is 0.217. The minimum absolute atomic E-state index is 0.0531. The van der Waals surface area contributed by atoms with Gasteiger partial charge in [0.1, 0.15) is 11.6 Å². The summed E-state index contributed by atoms with van der Waals surface area (Å²) in [5.41, 5.74) is 1.11. The molecule has 3 N–H and O–H groups in total. The van der Waals surface area contributed by atoms with E-state index < -0.39 is 17.5 Å². The maximum atomic E-state index is 14.9. The van der Waals surface area contributed by atoms with E-state index in [0.29, 0.717) is 5.69 Å². The Morgan fingerprint density at radius 1 is 1.12 bits per heavy atom. The van der Waals surface area contributed by atoms with Crippen LogP contribution >= 0.6 is 23.2 Å². The first kappa shape index (κ1) is 23.8. The van der Waals surface area contributed by atoms with Crippen molar-refractivity contribution in [3.05, 3.63) is 81.1 Å². The van der Waals surface area contributed by atoms with Crippen LogP contribution in [-0.2, 0) is 11.2 Å². The first-order chi connectivity index (χ1) is 15.2. The number of carbonyl (C=O) groups excluding carboxylic acids is 1. The first-order valence-corrected chi connectivity index (χ1v) is 10.5. The zero-order valence-electron chi connectivity index (χ0n) is 17.3. The zero-order chi connectivity index (χ0) is 23.4. The van der Waals surface area contributed by atoms with Gasteiger partial charge in [0, 0.05) is 35.1 Å². The van der Waals surface area contributed by atoms with Gasteiger partial charge < -0.3 is 15.7 Å². The minimum atomic E-state index is -0.800. The summed E-state index contributed by atoms with van der Waals surface area (Å²) in [4.78, 5) is 15.9. The van der Waals surface area contributed by atoms with Gasteiger partial charge in [0.05, 0.1) is 17.3 Å². The summed E-state index contributed by atoms with van der Waals surface area (Å²) in [7, 11) is 0. The number of pyridine rings is 1. The lowest BCUT2D eigenvalue weighted by molar-refractivity contribution is -0.114. The number of hydrogen-bond acceptors (Lipinski definition) is 4. The Bertz CT molecular complexity index is 1140. The SMILES string of the molecule is CC(C)c1c(O)ccc(Cc2c(Cl)cc(NCC(=O)Nc3ccncc3)c(F)c2Cl)c1F. The van der Waals surface area contributed by atoms with Gasteiger partial charge >= 0.3 is 0 Å². The van der Waals surface area contributed by atoms with Crippen LogP contribution in [0.5, 0.6) is 5.75 Å². The van der Waals surface area contributed by atoms with E-state index in [1.807, 2.05) is 0 Å². The highest BCUT2D eigenvalue weighted by Crippen LogP contribution is 2.37. The van der Waals surface area contributed by atoms with Crippen molar-refractivity contribution in [1.29, 1.82) is 0 Å². The Hall–Kier alpha value is -2.90. The second-order valence-corrected chi connectivity index (χ2v) is 8.24. The largest absolute Gasteiger partial charge is 0.508 e. The summed E-state index contributed by atoms with van der Waals surface area (Å²) in [6.07, 6.45) is 2.99. The Kier molecular flexibility index (Phi) is 7.53. The van der Waals surface area contributed by atoms with Crippen LogP contribution in [0.2, 0.25) is 10.0 Å². The average Bonchev–Trinajstić information content (AvgIpc) is 2.74. The second kappa shape index (κ2) is 10.1. The number of benzene rings is 2. The molecule has 32 heavy (non-hydrogen) atoms. The second-order valence-electron chi connectivity index (χ2n) is 7.45. The van der Waals surface area contributed by atoms with Crippen LogP contribution in [0.3, 0.4) is 0 Å². The molecule has 0 fully saturated rings. The van der Waals surface area contributed by atoms with Crippen molar-refractivity contribution in [3.8, 4) is 5.75 Å². The van der Waals surface area contributed by atoms with Gasteiger partial charge in [-0.3, -0.25) is 9.78 Å². The Morgan fingerprint density at radius 2 is 1.81 bits per heavy atom. The number of phenols is 1. The summed E-state index contributed by atoms with van der Waals surface area (Å²) in [6, 6.07) is 7.35. The van der Waals surface area contributed by atoms with Crippen LogP contribution in [-0.4, -0.2) is 22.5 Å². The van der Waals surface area contributed by atoms with E-state index in [2.05, 4.69) is 15.6 Å². The van der Waals surface area contributed by atoms with Crippen LogP contribution < -0.4 is 10.6 Å². The highest BCUT2D eigenvalue weighted by atomic mass is 35.5. The monoisotopic (exact) mass is 479 g/mol. The molecule has 9 heteroatoms. The predicted octanol–water partition coefficient (Wildman–Crippen LogP) is 6.14. The molecule has 0 bridgehead atoms. The number of hydrogen-bond donors (Lipinski definition) is 3. The Labute approximate surface area is 194 Å². The standard InChI is InChI=1S/C23H21Cl2F2N3O2/c1-12(2)20-18(31)4-3-13(22(20)26)9-15-16(24)10-17(23(27)21(15)25)29-11-19(32)30-14-5-7-28-8-6-14/h3-8,10,12,29,31H,9,11H2,1-2H3,(H,28,30,32). The third-order valence-corrected chi connectivity index (χ3v) is 5.57. The van der Waals surface area contributed by atoms with Gasteiger partial charge in [0.25, 0.3) is 0 Å². The highest BCUT2D eigenvalue weighted by molar-refractivity contribution is 6.36. The number of aromatic hydroxyl groups is 1. The summed E-state index contributed by atoms with van der Waals surface area (Å²) in [6.45, 7) is 3.29. The summed E-state index contributed by atoms with van der Waals surface area (Å²) in [5.74, 6) is -2.18. The molecule has 1 amide bonds. The van der Waals surface area contributed by atoms with Crippen molar-refractivity contribution in [2.24, 2.45) is 0 Å². The molecule has 0 spiro atoms. The van der Waals surface area contributed by atoms with E-state index >= 15 is 0 Å². The molecular formula is C23H21Cl2F2N3O2. The molecule has 0 aliphatic carbocycles. The molecule has 0 aliphatic heterocycles. The van der Waals surface area contributed by atoms with Crippen LogP contribution in [0.1, 0.15) is 36.5 Å². The molecule has 1 heterocycles. The average molecular weight is 480 g/mol. The van der Waals surface area contributed by atoms with Gasteiger partial charge in [0.15, 0.2) is 5.82 Å². The van der Waals surface area contributed by atoms with Crippen molar-refractivity contribution in [1.82, 2.24) is 4.98 Å². The van der Waals surface area contributed by atoms with Crippen molar-refractivity contribution < 1.29 is 18.7 Å². The number of phenolic OH excluding ortho intramolecular Hbond substituents is 1. The highest BCUT2D eigenvalue weighted by Gasteiger charge is 2.21. The molecule has 3 rings (SSSR count). The van der Waals surface area contributed by atoms with E-state index in [1.165, 1.54) is 30.6 Å². The lowest BCUT2D eigenvalue weighted by Crippen LogP contribution is -2.22. The number of aromatic nitrogens is 1. The third-order valence-electron chi connectivity index (χ3n) is 4.84. The van der Waals surface area contributed by atoms with E-state index in [-0.39, 0.29) is 57.1 Å². The molecule has 0 aliphatic rings. The minimum Gasteiger partial charge on any atom is -0.508 e. The zero-order valence-corrected chi connectivity index (χ0v) is 18.9. The fourth-order valence-electron chi connectivity index (χ4n) is 3.24.